The van der Waals surface area contributed by atoms with E-state index in [-0.39, 0.29) is 26.5 Å². The number of alkyl halides is 2. The van der Waals surface area contributed by atoms with Gasteiger partial charge in [0.2, 0.25) is 19.8 Å². The summed E-state index contributed by atoms with van der Waals surface area (Å²) >= 11 is 5.72. The molecule has 39 heavy (non-hydrogen) atoms. The van der Waals surface area contributed by atoms with Crippen molar-refractivity contribution in [2.75, 3.05) is 0 Å². The molecular weight excluding hydrogens is 519 g/mol. The molecule has 17 heteroatoms. The maximum Gasteiger partial charge on any atom is 0.348 e. The molecule has 0 saturated carbocycles. The largest absolute Gasteiger partial charge is 0.393 e. The Morgan fingerprint density at radius 3 is 2.21 bits per heavy atom. The van der Waals surface area contributed by atoms with E-state index in [9.17, 15) is 28.0 Å². The minimum Gasteiger partial charge on any atom is -0.393 e. The summed E-state index contributed by atoms with van der Waals surface area (Å²) in [5.74, 6) is -10.7. The highest BCUT2D eigenvalue weighted by molar-refractivity contribution is 6.66. The number of carbonyl (C=O) groups excluding carboxylic acids is 4. The number of fused-ring (bicyclic) bond motifs is 1. The first-order valence-corrected chi connectivity index (χ1v) is 11.5. The SMILES string of the molecule is [B]C(c1ccc2c(c1)CN([C@]1([B])C(=O)NC(=O)C([B])([B])C1([B])[B])C2=O)N([B])C(=O)C(F)(F)c1ccc(Cl)cc1. The van der Waals surface area contributed by atoms with Gasteiger partial charge in [-0.3, -0.25) is 24.5 Å². The summed E-state index contributed by atoms with van der Waals surface area (Å²) in [5, 5.41) is -3.15. The summed E-state index contributed by atoms with van der Waals surface area (Å²) < 4.78 is 29.7. The molecule has 2 aliphatic rings. The number of halogens is 3. The fourth-order valence-electron chi connectivity index (χ4n) is 4.38. The minimum absolute atomic E-state index is 0.0114. The molecule has 2 heterocycles. The van der Waals surface area contributed by atoms with E-state index >= 15 is 0 Å². The molecule has 4 amide bonds. The molecule has 2 aromatic carbocycles. The number of hydrogen-bond donors (Lipinski definition) is 1. The fraction of sp³-hybridized carbons (Fsp3) is 0.273. The van der Waals surface area contributed by atoms with Crippen LogP contribution in [0.1, 0.15) is 33.0 Å². The Morgan fingerprint density at radius 2 is 1.62 bits per heavy atom. The molecule has 4 rings (SSSR count). The summed E-state index contributed by atoms with van der Waals surface area (Å²) in [4.78, 5) is 51.7. The molecule has 7 nitrogen and oxygen atoms in total. The van der Waals surface area contributed by atoms with Gasteiger partial charge in [0.15, 0.2) is 0 Å². The first-order chi connectivity index (χ1) is 17.9. The topological polar surface area (TPSA) is 86.8 Å². The van der Waals surface area contributed by atoms with Crippen LogP contribution in [0.25, 0.3) is 0 Å². The first-order valence-electron chi connectivity index (χ1n) is 11.1. The number of imide groups is 1. The molecule has 0 spiro atoms. The number of nitrogens with one attached hydrogen (secondary N) is 1. The lowest BCUT2D eigenvalue weighted by molar-refractivity contribution is -0.154. The average Bonchev–Trinajstić information content (AvgIpc) is 3.21. The second-order valence-corrected chi connectivity index (χ2v) is 9.77. The molecule has 14 radical (unpaired) electrons. The predicted molar refractivity (Wildman–Crippen MR) is 143 cm³/mol. The van der Waals surface area contributed by atoms with Gasteiger partial charge in [-0.05, 0) is 34.5 Å². The highest BCUT2D eigenvalue weighted by Crippen LogP contribution is 2.55. The monoisotopic (exact) mass is 531 g/mol. The van der Waals surface area contributed by atoms with Gasteiger partial charge in [0.1, 0.15) is 15.7 Å². The molecule has 1 saturated heterocycles. The average molecular weight is 530 g/mol. The standard InChI is InChI=1S/C22H11B7ClF2N3O4/c23-14(35(29)18(39)19(31,32)11-2-4-12(30)5-3-11)9-1-6-13-10(7-9)8-34(15(13)36)21(26)17(38)33-16(37)20(24,25)22(21,27)28/h1-7,14H,8H2,(H,33,37,38)/t14?,21-/m1/s1. The minimum atomic E-state index is -4.04. The van der Waals surface area contributed by atoms with E-state index in [1.807, 2.05) is 5.32 Å². The van der Waals surface area contributed by atoms with Gasteiger partial charge in [-0.1, -0.05) is 41.1 Å². The van der Waals surface area contributed by atoms with Crippen molar-refractivity contribution in [3.63, 3.8) is 0 Å². The van der Waals surface area contributed by atoms with Gasteiger partial charge in [0.05, 0.1) is 36.8 Å². The lowest BCUT2D eigenvalue weighted by Crippen LogP contribution is -2.75. The highest BCUT2D eigenvalue weighted by Gasteiger charge is 2.63. The predicted octanol–water partition coefficient (Wildman–Crippen LogP) is -0.405. The van der Waals surface area contributed by atoms with Crippen LogP contribution in [0.15, 0.2) is 42.5 Å². The van der Waals surface area contributed by atoms with Crippen LogP contribution >= 0.6 is 11.6 Å². The van der Waals surface area contributed by atoms with Crippen molar-refractivity contribution >= 4 is 90.3 Å². The Hall–Kier alpha value is -2.88. The van der Waals surface area contributed by atoms with E-state index in [0.717, 1.165) is 17.0 Å². The van der Waals surface area contributed by atoms with E-state index in [1.165, 1.54) is 30.3 Å². The van der Waals surface area contributed by atoms with Crippen molar-refractivity contribution < 1.29 is 28.0 Å². The molecular formula is C22H11B7ClF2N3O4. The van der Waals surface area contributed by atoms with Gasteiger partial charge < -0.3 is 9.71 Å². The van der Waals surface area contributed by atoms with Crippen molar-refractivity contribution in [3.8, 4) is 0 Å². The van der Waals surface area contributed by atoms with Crippen molar-refractivity contribution in [2.24, 2.45) is 0 Å². The van der Waals surface area contributed by atoms with Crippen LogP contribution in [-0.2, 0) is 26.9 Å². The van der Waals surface area contributed by atoms with Gasteiger partial charge in [-0.2, -0.15) is 8.78 Å². The summed E-state index contributed by atoms with van der Waals surface area (Å²) in [6.45, 7) is -0.404. The number of carbonyl (C=O) groups is 4. The molecule has 2 aliphatic heterocycles. The number of rotatable bonds is 5. The normalized spacial score (nSPS) is 22.6. The lowest BCUT2D eigenvalue weighted by atomic mass is 9.21. The molecule has 0 bridgehead atoms. The quantitative estimate of drug-likeness (QED) is 0.421. The summed E-state index contributed by atoms with van der Waals surface area (Å²) in [6, 6.07) is 8.13. The maximum absolute atomic E-state index is 14.8. The van der Waals surface area contributed by atoms with Crippen molar-refractivity contribution in [1.82, 2.24) is 15.0 Å². The molecule has 1 unspecified atom stereocenters. The van der Waals surface area contributed by atoms with Gasteiger partial charge in [-0.15, -0.1) is 0 Å². The van der Waals surface area contributed by atoms with E-state index in [2.05, 4.69) is 0 Å². The van der Waals surface area contributed by atoms with Crippen LogP contribution in [0.2, 0.25) is 15.5 Å². The van der Waals surface area contributed by atoms with Gasteiger partial charge in [-0.25, -0.2) is 0 Å². The van der Waals surface area contributed by atoms with E-state index in [0.29, 0.717) is 0 Å². The summed E-state index contributed by atoms with van der Waals surface area (Å²) in [5.41, 5.74) is -2.99. The van der Waals surface area contributed by atoms with E-state index in [1.54, 1.807) is 0 Å². The number of benzene rings is 2. The first kappa shape index (κ1) is 29.1. The van der Waals surface area contributed by atoms with Crippen LogP contribution in [0.5, 0.6) is 0 Å². The number of hydrogen-bond acceptors (Lipinski definition) is 4. The van der Waals surface area contributed by atoms with Gasteiger partial charge >= 0.3 is 5.92 Å². The zero-order chi connectivity index (χ0) is 29.3. The second kappa shape index (κ2) is 9.35. The number of nitrogens with zero attached hydrogens (tertiary/aromatic N) is 2. The number of amides is 4. The lowest BCUT2D eigenvalue weighted by Gasteiger charge is -2.60. The number of piperidine rings is 1. The van der Waals surface area contributed by atoms with E-state index in [4.69, 9.17) is 66.7 Å². The Kier molecular flexibility index (Phi) is 6.98. The molecule has 0 aromatic heterocycles. The van der Waals surface area contributed by atoms with Gasteiger partial charge in [0, 0.05) is 28.6 Å². The molecule has 1 fully saturated rings. The second-order valence-electron chi connectivity index (χ2n) is 9.33. The van der Waals surface area contributed by atoms with E-state index < -0.39 is 63.5 Å². The molecule has 1 N–H and O–H groups in total. The molecule has 2 atom stereocenters. The van der Waals surface area contributed by atoms with Gasteiger partial charge in [0.25, 0.3) is 11.8 Å². The van der Waals surface area contributed by atoms with Crippen LogP contribution in [0, 0.1) is 0 Å². The van der Waals surface area contributed by atoms with Crippen LogP contribution < -0.4 is 5.32 Å². The Balaban J connectivity index is 1.62. The molecule has 0 aliphatic carbocycles. The molecule has 180 valence electrons. The maximum atomic E-state index is 14.8. The van der Waals surface area contributed by atoms with Crippen LogP contribution in [0.3, 0.4) is 0 Å². The van der Waals surface area contributed by atoms with Crippen molar-refractivity contribution in [2.45, 2.75) is 34.3 Å². The zero-order valence-electron chi connectivity index (χ0n) is 20.0. The Morgan fingerprint density at radius 1 is 1.03 bits per heavy atom. The smallest absolute Gasteiger partial charge is 0.348 e. The third-order valence-electron chi connectivity index (χ3n) is 6.97. The third-order valence-corrected chi connectivity index (χ3v) is 7.23. The Labute approximate surface area is 237 Å². The van der Waals surface area contributed by atoms with Crippen molar-refractivity contribution in [1.29, 1.82) is 0 Å². The molecule has 2 aromatic rings. The summed E-state index contributed by atoms with van der Waals surface area (Å²) in [6.07, 6.45) is 0. The fourth-order valence-corrected chi connectivity index (χ4v) is 4.51. The van der Waals surface area contributed by atoms with Crippen LogP contribution in [0.4, 0.5) is 8.78 Å². The third kappa shape index (κ3) is 4.17. The summed E-state index contributed by atoms with van der Waals surface area (Å²) in [7, 11) is 41.5. The zero-order valence-corrected chi connectivity index (χ0v) is 20.8. The van der Waals surface area contributed by atoms with Crippen molar-refractivity contribution in [3.05, 3.63) is 69.7 Å². The van der Waals surface area contributed by atoms with Crippen LogP contribution in [-0.4, -0.2) is 93.8 Å². The highest BCUT2D eigenvalue weighted by atomic mass is 35.5. The Bertz CT molecular complexity index is 1410.